The second-order valence-corrected chi connectivity index (χ2v) is 8.54. The lowest BCUT2D eigenvalue weighted by molar-refractivity contribution is -0.144. The van der Waals surface area contributed by atoms with Crippen molar-refractivity contribution in [2.45, 2.75) is 40.5 Å². The van der Waals surface area contributed by atoms with Crippen molar-refractivity contribution < 1.29 is 14.4 Å². The molecule has 132 valence electrons. The summed E-state index contributed by atoms with van der Waals surface area (Å²) in [6.45, 7) is 9.92. The highest BCUT2D eigenvalue weighted by atomic mass is 32.1. The van der Waals surface area contributed by atoms with E-state index in [1.165, 1.54) is 11.3 Å². The maximum atomic E-state index is 12.3. The fraction of sp³-hybridized carbons (Fsp3) is 0.611. The first kappa shape index (κ1) is 18.6. The molecule has 0 unspecified atom stereocenters. The lowest BCUT2D eigenvalue weighted by Gasteiger charge is -2.37. The van der Waals surface area contributed by atoms with E-state index in [1.807, 2.05) is 44.7 Å². The van der Waals surface area contributed by atoms with E-state index in [4.69, 9.17) is 0 Å². The van der Waals surface area contributed by atoms with Gasteiger partial charge in [-0.05, 0) is 19.1 Å². The second-order valence-electron chi connectivity index (χ2n) is 7.26. The van der Waals surface area contributed by atoms with E-state index < -0.39 is 5.41 Å². The van der Waals surface area contributed by atoms with Crippen LogP contribution in [0.5, 0.6) is 0 Å². The molecule has 1 fully saturated rings. The van der Waals surface area contributed by atoms with Crippen LogP contribution in [0.15, 0.2) is 12.1 Å². The molecule has 0 radical (unpaired) electrons. The van der Waals surface area contributed by atoms with Crippen LogP contribution in [0.25, 0.3) is 0 Å². The van der Waals surface area contributed by atoms with Crippen molar-refractivity contribution in [3.8, 4) is 0 Å². The van der Waals surface area contributed by atoms with E-state index in [2.05, 4.69) is 0 Å². The smallest absolute Gasteiger partial charge is 0.228 e. The van der Waals surface area contributed by atoms with E-state index in [1.54, 1.807) is 4.90 Å². The van der Waals surface area contributed by atoms with Gasteiger partial charge in [-0.25, -0.2) is 0 Å². The quantitative estimate of drug-likeness (QED) is 0.785. The summed E-state index contributed by atoms with van der Waals surface area (Å²) in [4.78, 5) is 42.0. The Bertz CT molecular complexity index is 622. The van der Waals surface area contributed by atoms with Gasteiger partial charge >= 0.3 is 0 Å². The zero-order valence-electron chi connectivity index (χ0n) is 14.9. The Morgan fingerprint density at radius 1 is 1.00 bits per heavy atom. The summed E-state index contributed by atoms with van der Waals surface area (Å²) in [6, 6.07) is 3.74. The summed E-state index contributed by atoms with van der Waals surface area (Å²) in [5.74, 6) is 0.153. The fourth-order valence-corrected chi connectivity index (χ4v) is 3.55. The van der Waals surface area contributed by atoms with Crippen LogP contribution in [-0.4, -0.2) is 53.6 Å². The molecular weight excluding hydrogens is 324 g/mol. The monoisotopic (exact) mass is 350 g/mol. The maximum Gasteiger partial charge on any atom is 0.228 e. The summed E-state index contributed by atoms with van der Waals surface area (Å²) in [6.07, 6.45) is 0.489. The number of Topliss-reactive ketones (excluding diaryl/α,β-unsaturated/α-hetero) is 1. The number of carbonyl (C=O) groups is 3. The molecule has 0 saturated carbocycles. The van der Waals surface area contributed by atoms with E-state index in [9.17, 15) is 14.4 Å². The molecule has 0 N–H and O–H groups in total. The first-order chi connectivity index (χ1) is 11.2. The number of carbonyl (C=O) groups excluding carboxylic acids is 3. The van der Waals surface area contributed by atoms with Crippen LogP contribution in [0.3, 0.4) is 0 Å². The van der Waals surface area contributed by atoms with Crippen LogP contribution in [-0.2, 0) is 9.59 Å². The standard InChI is InChI=1S/C18H26N2O3S/c1-13-5-7-15(24-13)14(21)6-8-16(22)19-9-11-20(12-10-19)17(23)18(2,3)4/h5,7H,6,8-12H2,1-4H3. The van der Waals surface area contributed by atoms with Gasteiger partial charge in [-0.3, -0.25) is 14.4 Å². The van der Waals surface area contributed by atoms with Crippen LogP contribution < -0.4 is 0 Å². The Kier molecular flexibility index (Phi) is 5.80. The van der Waals surface area contributed by atoms with Crippen molar-refractivity contribution in [1.29, 1.82) is 0 Å². The minimum Gasteiger partial charge on any atom is -0.339 e. The molecule has 1 aliphatic rings. The van der Waals surface area contributed by atoms with Crippen LogP contribution in [0.2, 0.25) is 0 Å². The molecule has 0 aromatic carbocycles. The molecule has 2 rings (SSSR count). The SMILES string of the molecule is Cc1ccc(C(=O)CCC(=O)N2CCN(C(=O)C(C)(C)C)CC2)s1. The third-order valence-electron chi connectivity index (χ3n) is 4.14. The predicted octanol–water partition coefficient (Wildman–Crippen LogP) is 2.74. The van der Waals surface area contributed by atoms with E-state index in [0.717, 1.165) is 9.75 Å². The number of thiophene rings is 1. The van der Waals surface area contributed by atoms with Gasteiger partial charge in [0, 0.05) is 49.3 Å². The second kappa shape index (κ2) is 7.47. The van der Waals surface area contributed by atoms with E-state index >= 15 is 0 Å². The largest absolute Gasteiger partial charge is 0.339 e. The fourth-order valence-electron chi connectivity index (χ4n) is 2.72. The third-order valence-corrected chi connectivity index (χ3v) is 5.18. The number of rotatable bonds is 4. The molecule has 0 bridgehead atoms. The Balaban J connectivity index is 1.79. The van der Waals surface area contributed by atoms with Gasteiger partial charge < -0.3 is 9.80 Å². The number of amides is 2. The summed E-state index contributed by atoms with van der Waals surface area (Å²) in [7, 11) is 0. The normalized spacial score (nSPS) is 15.5. The number of piperazine rings is 1. The van der Waals surface area contributed by atoms with Gasteiger partial charge in [-0.15, -0.1) is 11.3 Å². The average molecular weight is 350 g/mol. The molecule has 1 aromatic rings. The van der Waals surface area contributed by atoms with Crippen molar-refractivity contribution in [2.75, 3.05) is 26.2 Å². The highest BCUT2D eigenvalue weighted by Gasteiger charge is 2.30. The highest BCUT2D eigenvalue weighted by molar-refractivity contribution is 7.14. The summed E-state index contributed by atoms with van der Waals surface area (Å²) >= 11 is 1.47. The molecule has 0 spiro atoms. The van der Waals surface area contributed by atoms with Gasteiger partial charge in [0.05, 0.1) is 4.88 Å². The summed E-state index contributed by atoms with van der Waals surface area (Å²) < 4.78 is 0. The minimum absolute atomic E-state index is 0.000476. The maximum absolute atomic E-state index is 12.3. The lowest BCUT2D eigenvalue weighted by atomic mass is 9.94. The van der Waals surface area contributed by atoms with Crippen LogP contribution in [0.1, 0.15) is 48.2 Å². The first-order valence-corrected chi connectivity index (χ1v) is 9.17. The Labute approximate surface area is 147 Å². The van der Waals surface area contributed by atoms with Gasteiger partial charge in [-0.1, -0.05) is 20.8 Å². The minimum atomic E-state index is -0.391. The van der Waals surface area contributed by atoms with Crippen molar-refractivity contribution >= 4 is 28.9 Å². The van der Waals surface area contributed by atoms with Crippen molar-refractivity contribution in [3.63, 3.8) is 0 Å². The number of hydrogen-bond donors (Lipinski definition) is 0. The number of ketones is 1. The number of nitrogens with zero attached hydrogens (tertiary/aromatic N) is 2. The molecule has 1 aromatic heterocycles. The Hall–Kier alpha value is -1.69. The summed E-state index contributed by atoms with van der Waals surface area (Å²) in [5.41, 5.74) is -0.391. The Morgan fingerprint density at radius 3 is 2.08 bits per heavy atom. The first-order valence-electron chi connectivity index (χ1n) is 8.35. The number of hydrogen-bond acceptors (Lipinski definition) is 4. The summed E-state index contributed by atoms with van der Waals surface area (Å²) in [5, 5.41) is 0. The molecule has 6 heteroatoms. The van der Waals surface area contributed by atoms with Gasteiger partial charge in [0.1, 0.15) is 0 Å². The molecular formula is C18H26N2O3S. The van der Waals surface area contributed by atoms with Gasteiger partial charge in [-0.2, -0.15) is 0 Å². The molecule has 2 amide bonds. The zero-order chi connectivity index (χ0) is 17.9. The molecule has 1 saturated heterocycles. The molecule has 24 heavy (non-hydrogen) atoms. The molecule has 2 heterocycles. The van der Waals surface area contributed by atoms with Gasteiger partial charge in [0.25, 0.3) is 0 Å². The Morgan fingerprint density at radius 2 is 1.58 bits per heavy atom. The van der Waals surface area contributed by atoms with Gasteiger partial charge in [0.15, 0.2) is 5.78 Å². The van der Waals surface area contributed by atoms with Gasteiger partial charge in [0.2, 0.25) is 11.8 Å². The zero-order valence-corrected chi connectivity index (χ0v) is 15.7. The highest BCUT2D eigenvalue weighted by Crippen LogP contribution is 2.20. The van der Waals surface area contributed by atoms with Crippen LogP contribution in [0.4, 0.5) is 0 Å². The predicted molar refractivity (Wildman–Crippen MR) is 95.2 cm³/mol. The van der Waals surface area contributed by atoms with Crippen LogP contribution in [0, 0.1) is 12.3 Å². The third kappa shape index (κ3) is 4.66. The molecule has 0 atom stereocenters. The number of aryl methyl sites for hydroxylation is 1. The van der Waals surface area contributed by atoms with Crippen molar-refractivity contribution in [3.05, 3.63) is 21.9 Å². The van der Waals surface area contributed by atoms with Crippen molar-refractivity contribution in [2.24, 2.45) is 5.41 Å². The van der Waals surface area contributed by atoms with E-state index in [-0.39, 0.29) is 30.4 Å². The lowest BCUT2D eigenvalue weighted by Crippen LogP contribution is -2.53. The molecule has 1 aliphatic heterocycles. The topological polar surface area (TPSA) is 57.7 Å². The van der Waals surface area contributed by atoms with E-state index in [0.29, 0.717) is 26.2 Å². The molecule has 0 aliphatic carbocycles. The van der Waals surface area contributed by atoms with Crippen molar-refractivity contribution in [1.82, 2.24) is 9.80 Å². The average Bonchev–Trinajstić information content (AvgIpc) is 2.97. The molecule has 5 nitrogen and oxygen atoms in total. The van der Waals surface area contributed by atoms with Crippen LogP contribution >= 0.6 is 11.3 Å².